The van der Waals surface area contributed by atoms with Crippen LogP contribution in [0.15, 0.2) is 0 Å². The highest BCUT2D eigenvalue weighted by Crippen LogP contribution is 2.44. The Balaban J connectivity index is 4.91. The molecule has 0 aliphatic carbocycles. The van der Waals surface area contributed by atoms with Crippen molar-refractivity contribution in [3.05, 3.63) is 0 Å². The molecule has 0 aliphatic rings. The van der Waals surface area contributed by atoms with Crippen LogP contribution in [-0.4, -0.2) is 36.5 Å². The average Bonchev–Trinajstić information content (AvgIpc) is 2.41. The van der Waals surface area contributed by atoms with Crippen molar-refractivity contribution >= 4 is 5.97 Å². The molecule has 0 atom stereocenters. The van der Waals surface area contributed by atoms with E-state index in [1.807, 2.05) is 0 Å². The van der Waals surface area contributed by atoms with E-state index < -0.39 is 54.8 Å². The lowest BCUT2D eigenvalue weighted by molar-refractivity contribution is -0.295. The summed E-state index contributed by atoms with van der Waals surface area (Å²) in [6, 6.07) is 0. The van der Waals surface area contributed by atoms with E-state index in [2.05, 4.69) is 4.74 Å². The second kappa shape index (κ2) is 6.99. The van der Waals surface area contributed by atoms with Crippen LogP contribution in [0.5, 0.6) is 0 Å². The lowest BCUT2D eigenvalue weighted by Crippen LogP contribution is -2.47. The Morgan fingerprint density at radius 3 is 1.58 bits per heavy atom. The van der Waals surface area contributed by atoms with Gasteiger partial charge < -0.3 is 4.74 Å². The third kappa shape index (κ3) is 5.44. The van der Waals surface area contributed by atoms with Gasteiger partial charge in [-0.3, -0.25) is 4.79 Å². The van der Waals surface area contributed by atoms with Gasteiger partial charge in [-0.1, -0.05) is 6.92 Å². The first kappa shape index (κ1) is 22.8. The van der Waals surface area contributed by atoms with E-state index in [-0.39, 0.29) is 6.42 Å². The van der Waals surface area contributed by atoms with Crippen LogP contribution in [0.1, 0.15) is 40.0 Å². The summed E-state index contributed by atoms with van der Waals surface area (Å²) in [4.78, 5) is 11.4. The quantitative estimate of drug-likeness (QED) is 0.429. The average molecular weight is 376 g/mol. The van der Waals surface area contributed by atoms with Crippen LogP contribution in [0.25, 0.3) is 0 Å². The van der Waals surface area contributed by atoms with Gasteiger partial charge in [-0.15, -0.1) is 0 Å². The maximum Gasteiger partial charge on any atom is 0.453 e. The predicted molar refractivity (Wildman–Crippen MR) is 65.2 cm³/mol. The van der Waals surface area contributed by atoms with Gasteiger partial charge >= 0.3 is 29.9 Å². The summed E-state index contributed by atoms with van der Waals surface area (Å²) >= 11 is 0. The molecular formula is C13H17F9O2. The molecule has 0 rings (SSSR count). The van der Waals surface area contributed by atoms with E-state index in [1.54, 1.807) is 0 Å². The summed E-state index contributed by atoms with van der Waals surface area (Å²) in [5.74, 6) is -17.1. The van der Waals surface area contributed by atoms with Crippen molar-refractivity contribution in [1.29, 1.82) is 0 Å². The largest absolute Gasteiger partial charge is 0.459 e. The minimum absolute atomic E-state index is 0.144. The third-order valence-electron chi connectivity index (χ3n) is 3.52. The standard InChI is InChI=1S/C13H17F9O2/c1-4-9(2,3)8(23)24-7-12(18,19)10(14,15)5-6-11(16,17)13(20,21)22/h4-7H2,1-3H3. The van der Waals surface area contributed by atoms with Gasteiger partial charge in [-0.2, -0.15) is 39.5 Å². The molecule has 0 saturated carbocycles. The summed E-state index contributed by atoms with van der Waals surface area (Å²) in [7, 11) is 0. The van der Waals surface area contributed by atoms with Crippen molar-refractivity contribution in [3.63, 3.8) is 0 Å². The van der Waals surface area contributed by atoms with Crippen molar-refractivity contribution in [2.75, 3.05) is 6.61 Å². The van der Waals surface area contributed by atoms with Crippen molar-refractivity contribution in [1.82, 2.24) is 0 Å². The van der Waals surface area contributed by atoms with Gasteiger partial charge in [0.15, 0.2) is 6.61 Å². The number of esters is 1. The van der Waals surface area contributed by atoms with E-state index >= 15 is 0 Å². The summed E-state index contributed by atoms with van der Waals surface area (Å²) in [5, 5.41) is 0. The lowest BCUT2D eigenvalue weighted by Gasteiger charge is -2.29. The highest BCUT2D eigenvalue weighted by molar-refractivity contribution is 5.75. The highest BCUT2D eigenvalue weighted by Gasteiger charge is 2.62. The molecule has 0 bridgehead atoms. The molecule has 0 N–H and O–H groups in total. The molecule has 0 amide bonds. The molecular weight excluding hydrogens is 359 g/mol. The number of hydrogen-bond donors (Lipinski definition) is 0. The van der Waals surface area contributed by atoms with Crippen molar-refractivity contribution in [2.45, 2.75) is 64.0 Å². The number of rotatable bonds is 8. The second-order valence-electron chi connectivity index (χ2n) is 5.92. The van der Waals surface area contributed by atoms with Crippen LogP contribution < -0.4 is 0 Å². The molecule has 0 aromatic carbocycles. The molecule has 0 fully saturated rings. The Bertz CT molecular complexity index is 441. The van der Waals surface area contributed by atoms with Crippen molar-refractivity contribution in [2.24, 2.45) is 5.41 Å². The van der Waals surface area contributed by atoms with Crippen LogP contribution in [0.2, 0.25) is 0 Å². The second-order valence-corrected chi connectivity index (χ2v) is 5.92. The van der Waals surface area contributed by atoms with Gasteiger partial charge in [0.2, 0.25) is 0 Å². The fraction of sp³-hybridized carbons (Fsp3) is 0.923. The lowest BCUT2D eigenvalue weighted by atomic mass is 9.91. The number of hydrogen-bond acceptors (Lipinski definition) is 2. The van der Waals surface area contributed by atoms with E-state index in [0.29, 0.717) is 0 Å². The van der Waals surface area contributed by atoms with E-state index in [0.717, 1.165) is 0 Å². The summed E-state index contributed by atoms with van der Waals surface area (Å²) in [6.07, 6.45) is -10.9. The normalized spacial score (nSPS) is 14.7. The molecule has 0 spiro atoms. The SMILES string of the molecule is CCC(C)(C)C(=O)OCC(F)(F)C(F)(F)CCC(F)(F)C(F)(F)F. The maximum absolute atomic E-state index is 13.4. The molecule has 24 heavy (non-hydrogen) atoms. The molecule has 11 heteroatoms. The van der Waals surface area contributed by atoms with Crippen LogP contribution in [0, 0.1) is 5.41 Å². The molecule has 0 saturated heterocycles. The Hall–Kier alpha value is -1.16. The minimum atomic E-state index is -6.13. The molecule has 0 radical (unpaired) electrons. The number of ether oxygens (including phenoxy) is 1. The fourth-order valence-electron chi connectivity index (χ4n) is 1.24. The van der Waals surface area contributed by atoms with Crippen LogP contribution in [0.3, 0.4) is 0 Å². The van der Waals surface area contributed by atoms with E-state index in [9.17, 15) is 44.3 Å². The first-order valence-electron chi connectivity index (χ1n) is 6.77. The Morgan fingerprint density at radius 1 is 0.792 bits per heavy atom. The number of alkyl halides is 9. The topological polar surface area (TPSA) is 26.3 Å². The summed E-state index contributed by atoms with van der Waals surface area (Å²) < 4.78 is 118. The molecule has 0 aromatic heterocycles. The highest BCUT2D eigenvalue weighted by atomic mass is 19.4. The zero-order chi connectivity index (χ0) is 19.6. The Kier molecular flexibility index (Phi) is 6.65. The molecule has 0 unspecified atom stereocenters. The van der Waals surface area contributed by atoms with Gasteiger partial charge in [-0.05, 0) is 20.3 Å². The van der Waals surface area contributed by atoms with Crippen molar-refractivity contribution < 1.29 is 49.0 Å². The monoisotopic (exact) mass is 376 g/mol. The zero-order valence-corrected chi connectivity index (χ0v) is 13.0. The zero-order valence-electron chi connectivity index (χ0n) is 13.0. The van der Waals surface area contributed by atoms with Crippen molar-refractivity contribution in [3.8, 4) is 0 Å². The Morgan fingerprint density at radius 2 is 1.21 bits per heavy atom. The number of carbonyl (C=O) groups excluding carboxylic acids is 1. The predicted octanol–water partition coefficient (Wildman–Crippen LogP) is 5.21. The van der Waals surface area contributed by atoms with Crippen LogP contribution in [0.4, 0.5) is 39.5 Å². The van der Waals surface area contributed by atoms with Crippen LogP contribution >= 0.6 is 0 Å². The summed E-state index contributed by atoms with van der Waals surface area (Å²) in [6.45, 7) is 1.98. The molecule has 0 aromatic rings. The summed E-state index contributed by atoms with van der Waals surface area (Å²) in [5.41, 5.74) is -1.24. The van der Waals surface area contributed by atoms with Crippen LogP contribution in [-0.2, 0) is 9.53 Å². The number of halogens is 9. The van der Waals surface area contributed by atoms with E-state index in [4.69, 9.17) is 0 Å². The number of carbonyl (C=O) groups is 1. The first-order valence-corrected chi connectivity index (χ1v) is 6.77. The van der Waals surface area contributed by atoms with Gasteiger partial charge in [0, 0.05) is 12.8 Å². The first-order chi connectivity index (χ1) is 10.4. The fourth-order valence-corrected chi connectivity index (χ4v) is 1.24. The van der Waals surface area contributed by atoms with Gasteiger partial charge in [0.1, 0.15) is 0 Å². The third-order valence-corrected chi connectivity index (χ3v) is 3.52. The minimum Gasteiger partial charge on any atom is -0.459 e. The molecule has 144 valence electrons. The van der Waals surface area contributed by atoms with Gasteiger partial charge in [0.25, 0.3) is 0 Å². The molecule has 0 heterocycles. The maximum atomic E-state index is 13.4. The smallest absolute Gasteiger partial charge is 0.453 e. The molecule has 2 nitrogen and oxygen atoms in total. The van der Waals surface area contributed by atoms with E-state index in [1.165, 1.54) is 20.8 Å². The van der Waals surface area contributed by atoms with Gasteiger partial charge in [-0.25, -0.2) is 0 Å². The van der Waals surface area contributed by atoms with Gasteiger partial charge in [0.05, 0.1) is 5.41 Å². The molecule has 0 aliphatic heterocycles. The Labute approximate surface area is 132 Å².